The monoisotopic (exact) mass is 317 g/mol. The van der Waals surface area contributed by atoms with Gasteiger partial charge in [0.1, 0.15) is 5.82 Å². The highest BCUT2D eigenvalue weighted by Crippen LogP contribution is 2.18. The maximum absolute atomic E-state index is 13.1. The third-order valence-corrected chi connectivity index (χ3v) is 3.57. The number of rotatable bonds is 4. The second-order valence-electron chi connectivity index (χ2n) is 4.48. The predicted molar refractivity (Wildman–Crippen MR) is 71.0 cm³/mol. The van der Waals surface area contributed by atoms with Crippen LogP contribution in [0.2, 0.25) is 0 Å². The lowest BCUT2D eigenvalue weighted by atomic mass is 10.2. The fraction of sp³-hybridized carbons (Fsp3) is 0.538. The van der Waals surface area contributed by atoms with Crippen molar-refractivity contribution in [2.24, 2.45) is 0 Å². The fourth-order valence-corrected chi connectivity index (χ4v) is 2.29. The molecule has 18 heavy (non-hydrogen) atoms. The van der Waals surface area contributed by atoms with E-state index in [0.717, 1.165) is 23.1 Å². The first kappa shape index (κ1) is 13.9. The summed E-state index contributed by atoms with van der Waals surface area (Å²) in [6.07, 6.45) is 0.286. The molecule has 1 fully saturated rings. The Kier molecular flexibility index (Phi) is 5.12. The molecule has 1 saturated heterocycles. The van der Waals surface area contributed by atoms with Crippen molar-refractivity contribution in [1.82, 2.24) is 5.32 Å². The molecule has 0 aromatic heterocycles. The highest BCUT2D eigenvalue weighted by atomic mass is 79.9. The Balaban J connectivity index is 1.79. The van der Waals surface area contributed by atoms with Gasteiger partial charge < -0.3 is 14.8 Å². The summed E-state index contributed by atoms with van der Waals surface area (Å²) < 4.78 is 25.2. The molecular weight excluding hydrogens is 301 g/mol. The number of hydrogen-bond acceptors (Lipinski definition) is 3. The van der Waals surface area contributed by atoms with Gasteiger partial charge in [-0.05, 0) is 30.7 Å². The Morgan fingerprint density at radius 2 is 2.33 bits per heavy atom. The van der Waals surface area contributed by atoms with Crippen LogP contribution in [0.25, 0.3) is 0 Å². The van der Waals surface area contributed by atoms with E-state index in [-0.39, 0.29) is 18.0 Å². The van der Waals surface area contributed by atoms with Gasteiger partial charge in [0.2, 0.25) is 0 Å². The molecule has 0 aliphatic carbocycles. The van der Waals surface area contributed by atoms with E-state index in [1.165, 1.54) is 12.1 Å². The SMILES string of the molecule is CC1CNCC(COCc2cc(F)ccc2Br)O1. The van der Waals surface area contributed by atoms with Crippen molar-refractivity contribution in [2.75, 3.05) is 19.7 Å². The van der Waals surface area contributed by atoms with Crippen LogP contribution in [0, 0.1) is 5.82 Å². The van der Waals surface area contributed by atoms with Gasteiger partial charge in [0, 0.05) is 17.6 Å². The third kappa shape index (κ3) is 4.02. The number of hydrogen-bond donors (Lipinski definition) is 1. The van der Waals surface area contributed by atoms with Gasteiger partial charge in [-0.1, -0.05) is 15.9 Å². The van der Waals surface area contributed by atoms with Crippen LogP contribution < -0.4 is 5.32 Å². The Labute approximate surface area is 115 Å². The zero-order chi connectivity index (χ0) is 13.0. The summed E-state index contributed by atoms with van der Waals surface area (Å²) in [4.78, 5) is 0. The highest BCUT2D eigenvalue weighted by Gasteiger charge is 2.18. The normalized spacial score (nSPS) is 24.2. The maximum Gasteiger partial charge on any atom is 0.123 e. The molecule has 2 rings (SSSR count). The van der Waals surface area contributed by atoms with Crippen LogP contribution in [0.15, 0.2) is 22.7 Å². The van der Waals surface area contributed by atoms with Gasteiger partial charge in [-0.2, -0.15) is 0 Å². The summed E-state index contributed by atoms with van der Waals surface area (Å²) in [7, 11) is 0. The van der Waals surface area contributed by atoms with Crippen LogP contribution >= 0.6 is 15.9 Å². The van der Waals surface area contributed by atoms with E-state index in [1.807, 2.05) is 6.92 Å². The summed E-state index contributed by atoms with van der Waals surface area (Å²) in [5.41, 5.74) is 0.812. The molecule has 1 N–H and O–H groups in total. The van der Waals surface area contributed by atoms with Crippen LogP contribution in [0.1, 0.15) is 12.5 Å². The lowest BCUT2D eigenvalue weighted by molar-refractivity contribution is -0.0717. The minimum Gasteiger partial charge on any atom is -0.374 e. The molecule has 0 radical (unpaired) electrons. The molecule has 2 unspecified atom stereocenters. The summed E-state index contributed by atoms with van der Waals surface area (Å²) >= 11 is 3.38. The van der Waals surface area contributed by atoms with Gasteiger partial charge in [-0.3, -0.25) is 0 Å². The summed E-state index contributed by atoms with van der Waals surface area (Å²) in [5, 5.41) is 3.28. The van der Waals surface area contributed by atoms with Crippen LogP contribution in [-0.4, -0.2) is 31.9 Å². The summed E-state index contributed by atoms with van der Waals surface area (Å²) in [6.45, 7) is 4.61. The quantitative estimate of drug-likeness (QED) is 0.925. The van der Waals surface area contributed by atoms with E-state index in [0.29, 0.717) is 13.2 Å². The van der Waals surface area contributed by atoms with Gasteiger partial charge >= 0.3 is 0 Å². The van der Waals surface area contributed by atoms with Gasteiger partial charge in [0.05, 0.1) is 25.4 Å². The van der Waals surface area contributed by atoms with Gasteiger partial charge in [-0.25, -0.2) is 4.39 Å². The molecule has 1 aromatic rings. The number of nitrogens with one attached hydrogen (secondary N) is 1. The van der Waals surface area contributed by atoms with Crippen LogP contribution in [0.4, 0.5) is 4.39 Å². The maximum atomic E-state index is 13.1. The smallest absolute Gasteiger partial charge is 0.123 e. The topological polar surface area (TPSA) is 30.5 Å². The molecule has 5 heteroatoms. The molecule has 0 spiro atoms. The molecule has 1 aromatic carbocycles. The fourth-order valence-electron chi connectivity index (χ4n) is 1.92. The van der Waals surface area contributed by atoms with Gasteiger partial charge in [-0.15, -0.1) is 0 Å². The van der Waals surface area contributed by atoms with Crippen LogP contribution in [0.5, 0.6) is 0 Å². The summed E-state index contributed by atoms with van der Waals surface area (Å²) in [5.74, 6) is -0.249. The molecule has 1 aliphatic heterocycles. The summed E-state index contributed by atoms with van der Waals surface area (Å²) in [6, 6.07) is 4.59. The second kappa shape index (κ2) is 6.61. The first-order valence-electron chi connectivity index (χ1n) is 6.03. The molecular formula is C13H17BrFNO2. The van der Waals surface area contributed by atoms with Gasteiger partial charge in [0.25, 0.3) is 0 Å². The molecule has 1 aliphatic rings. The number of benzene rings is 1. The van der Waals surface area contributed by atoms with Crippen molar-refractivity contribution in [2.45, 2.75) is 25.7 Å². The molecule has 100 valence electrons. The van der Waals surface area contributed by atoms with Crippen molar-refractivity contribution in [1.29, 1.82) is 0 Å². The zero-order valence-corrected chi connectivity index (χ0v) is 11.9. The van der Waals surface area contributed by atoms with Crippen molar-refractivity contribution in [3.63, 3.8) is 0 Å². The van der Waals surface area contributed by atoms with Crippen LogP contribution in [0.3, 0.4) is 0 Å². The Bertz CT molecular complexity index is 403. The largest absolute Gasteiger partial charge is 0.374 e. The second-order valence-corrected chi connectivity index (χ2v) is 5.33. The highest BCUT2D eigenvalue weighted by molar-refractivity contribution is 9.10. The zero-order valence-electron chi connectivity index (χ0n) is 10.3. The average molecular weight is 318 g/mol. The van der Waals surface area contributed by atoms with E-state index in [9.17, 15) is 4.39 Å². The van der Waals surface area contributed by atoms with Gasteiger partial charge in [0.15, 0.2) is 0 Å². The first-order chi connectivity index (χ1) is 8.65. The van der Waals surface area contributed by atoms with Crippen molar-refractivity contribution < 1.29 is 13.9 Å². The average Bonchev–Trinajstić information content (AvgIpc) is 2.34. The predicted octanol–water partition coefficient (Wildman–Crippen LogP) is 2.48. The lowest BCUT2D eigenvalue weighted by Gasteiger charge is -2.28. The number of ether oxygens (including phenoxy) is 2. The van der Waals surface area contributed by atoms with Crippen molar-refractivity contribution in [3.8, 4) is 0 Å². The number of halogens is 2. The Hall–Kier alpha value is -0.490. The molecule has 0 amide bonds. The molecule has 0 bridgehead atoms. The lowest BCUT2D eigenvalue weighted by Crippen LogP contribution is -2.45. The standard InChI is InChI=1S/C13H17BrFNO2/c1-9-5-16-6-12(18-9)8-17-7-10-4-11(15)2-3-13(10)14/h2-4,9,12,16H,5-8H2,1H3. The van der Waals surface area contributed by atoms with E-state index in [4.69, 9.17) is 9.47 Å². The minimum atomic E-state index is -0.249. The third-order valence-electron chi connectivity index (χ3n) is 2.80. The Morgan fingerprint density at radius 1 is 1.50 bits per heavy atom. The first-order valence-corrected chi connectivity index (χ1v) is 6.82. The minimum absolute atomic E-state index is 0.0704. The van der Waals surface area contributed by atoms with E-state index in [2.05, 4.69) is 21.2 Å². The number of morpholine rings is 1. The van der Waals surface area contributed by atoms with Crippen molar-refractivity contribution in [3.05, 3.63) is 34.1 Å². The van der Waals surface area contributed by atoms with E-state index in [1.54, 1.807) is 6.07 Å². The van der Waals surface area contributed by atoms with Crippen molar-refractivity contribution >= 4 is 15.9 Å². The molecule has 1 heterocycles. The molecule has 0 saturated carbocycles. The van der Waals surface area contributed by atoms with E-state index >= 15 is 0 Å². The van der Waals surface area contributed by atoms with E-state index < -0.39 is 0 Å². The molecule has 2 atom stereocenters. The molecule has 3 nitrogen and oxygen atoms in total. The Morgan fingerprint density at radius 3 is 3.11 bits per heavy atom. The van der Waals surface area contributed by atoms with Crippen LogP contribution in [-0.2, 0) is 16.1 Å².